The average Bonchev–Trinajstić information content (AvgIpc) is 2.94. The van der Waals surface area contributed by atoms with Crippen LogP contribution in [0.3, 0.4) is 0 Å². The Kier molecular flexibility index (Phi) is 4.19. The number of nitrogens with zero attached hydrogens (tertiary/aromatic N) is 3. The summed E-state index contributed by atoms with van der Waals surface area (Å²) < 4.78 is 38.0. The van der Waals surface area contributed by atoms with Gasteiger partial charge in [-0.05, 0) is 42.8 Å². The summed E-state index contributed by atoms with van der Waals surface area (Å²) in [6, 6.07) is 8.62. The first kappa shape index (κ1) is 17.6. The zero-order valence-electron chi connectivity index (χ0n) is 14.6. The van der Waals surface area contributed by atoms with Crippen molar-refractivity contribution < 1.29 is 13.2 Å². The summed E-state index contributed by atoms with van der Waals surface area (Å²) in [5.41, 5.74) is 2.79. The fourth-order valence-corrected chi connectivity index (χ4v) is 4.08. The zero-order valence-corrected chi connectivity index (χ0v) is 14.6. The van der Waals surface area contributed by atoms with Gasteiger partial charge < -0.3 is 15.5 Å². The number of hydrogen-bond donors (Lipinski definition) is 2. The number of alkyl halides is 3. The Bertz CT molecular complexity index is 901. The number of nitrogens with one attached hydrogen (secondary N) is 2. The normalized spacial score (nSPS) is 21.4. The minimum absolute atomic E-state index is 0.290. The van der Waals surface area contributed by atoms with Crippen LogP contribution in [0.25, 0.3) is 0 Å². The van der Waals surface area contributed by atoms with Crippen LogP contribution in [0.2, 0.25) is 0 Å². The first-order valence-electron chi connectivity index (χ1n) is 8.70. The number of piperidine rings is 1. The summed E-state index contributed by atoms with van der Waals surface area (Å²) in [6.45, 7) is 1.79. The first-order chi connectivity index (χ1) is 12.9. The van der Waals surface area contributed by atoms with Crippen molar-refractivity contribution in [1.29, 1.82) is 5.26 Å². The lowest BCUT2D eigenvalue weighted by molar-refractivity contribution is -0.141. The predicted molar refractivity (Wildman–Crippen MR) is 96.1 cm³/mol. The second kappa shape index (κ2) is 6.43. The second-order valence-corrected chi connectivity index (χ2v) is 6.91. The van der Waals surface area contributed by atoms with E-state index >= 15 is 0 Å². The molecule has 3 heterocycles. The van der Waals surface area contributed by atoms with E-state index in [0.717, 1.165) is 43.0 Å². The third-order valence-electron chi connectivity index (χ3n) is 5.30. The van der Waals surface area contributed by atoms with Crippen molar-refractivity contribution in [2.24, 2.45) is 0 Å². The van der Waals surface area contributed by atoms with E-state index in [1.165, 1.54) is 6.07 Å². The maximum absolute atomic E-state index is 12.7. The van der Waals surface area contributed by atoms with Gasteiger partial charge in [0.25, 0.3) is 0 Å². The van der Waals surface area contributed by atoms with E-state index in [4.69, 9.17) is 0 Å². The zero-order chi connectivity index (χ0) is 19.2. The van der Waals surface area contributed by atoms with Crippen LogP contribution in [0.5, 0.6) is 0 Å². The maximum atomic E-state index is 12.7. The van der Waals surface area contributed by atoms with Crippen molar-refractivity contribution >= 4 is 17.1 Å². The summed E-state index contributed by atoms with van der Waals surface area (Å²) in [4.78, 5) is 5.65. The summed E-state index contributed by atoms with van der Waals surface area (Å²) in [5.74, 6) is 0.290. The van der Waals surface area contributed by atoms with E-state index in [-0.39, 0.29) is 0 Å². The van der Waals surface area contributed by atoms with Gasteiger partial charge in [-0.25, -0.2) is 4.98 Å². The lowest BCUT2D eigenvalue weighted by Gasteiger charge is -2.31. The second-order valence-electron chi connectivity index (χ2n) is 6.91. The van der Waals surface area contributed by atoms with Crippen LogP contribution in [-0.2, 0) is 6.18 Å². The van der Waals surface area contributed by atoms with Crippen molar-refractivity contribution in [3.05, 3.63) is 47.3 Å². The van der Waals surface area contributed by atoms with Crippen molar-refractivity contribution in [2.75, 3.05) is 30.4 Å². The molecule has 2 atom stereocenters. The van der Waals surface area contributed by atoms with Gasteiger partial charge in [-0.2, -0.15) is 18.4 Å². The van der Waals surface area contributed by atoms with Crippen LogP contribution in [0, 0.1) is 11.3 Å². The molecule has 0 aliphatic carbocycles. The molecule has 0 bridgehead atoms. The lowest BCUT2D eigenvalue weighted by Crippen LogP contribution is -2.42. The molecule has 0 radical (unpaired) electrons. The van der Waals surface area contributed by atoms with Gasteiger partial charge in [0, 0.05) is 31.2 Å². The maximum Gasteiger partial charge on any atom is 0.433 e. The quantitative estimate of drug-likeness (QED) is 0.842. The summed E-state index contributed by atoms with van der Waals surface area (Å²) in [7, 11) is 2.02. The summed E-state index contributed by atoms with van der Waals surface area (Å²) >= 11 is 0. The largest absolute Gasteiger partial charge is 0.433 e. The van der Waals surface area contributed by atoms with Crippen molar-refractivity contribution in [2.45, 2.75) is 24.6 Å². The number of nitriles is 1. The number of rotatable bonds is 2. The fourth-order valence-electron chi connectivity index (χ4n) is 4.08. The highest BCUT2D eigenvalue weighted by Crippen LogP contribution is 2.45. The highest BCUT2D eigenvalue weighted by atomic mass is 19.4. The molecule has 8 heteroatoms. The van der Waals surface area contributed by atoms with E-state index in [0.29, 0.717) is 28.9 Å². The Hall–Kier alpha value is -2.79. The molecule has 140 valence electrons. The molecule has 2 N–H and O–H groups in total. The Morgan fingerprint density at radius 3 is 2.78 bits per heavy atom. The molecule has 1 fully saturated rings. The fraction of sp³-hybridized carbons (Fsp3) is 0.368. The van der Waals surface area contributed by atoms with E-state index < -0.39 is 11.9 Å². The molecule has 1 aromatic heterocycles. The van der Waals surface area contributed by atoms with Gasteiger partial charge in [0.05, 0.1) is 23.1 Å². The molecule has 0 spiro atoms. The van der Waals surface area contributed by atoms with Gasteiger partial charge in [-0.1, -0.05) is 0 Å². The molecular weight excluding hydrogens is 355 g/mol. The molecule has 0 unspecified atom stereocenters. The summed E-state index contributed by atoms with van der Waals surface area (Å²) in [6.07, 6.45) is -2.31. The number of halogens is 3. The third kappa shape index (κ3) is 3.08. The number of likely N-dealkylation sites (N-methyl/N-ethyl adjacent to an activating group) is 1. The van der Waals surface area contributed by atoms with Crippen LogP contribution in [0.1, 0.15) is 29.2 Å². The molecule has 2 aliphatic rings. The first-order valence-corrected chi connectivity index (χ1v) is 8.70. The molecule has 27 heavy (non-hydrogen) atoms. The molecule has 0 amide bonds. The highest BCUT2D eigenvalue weighted by molar-refractivity contribution is 5.76. The van der Waals surface area contributed by atoms with Crippen LogP contribution >= 0.6 is 0 Å². The van der Waals surface area contributed by atoms with Gasteiger partial charge in [0.15, 0.2) is 0 Å². The van der Waals surface area contributed by atoms with Crippen molar-refractivity contribution in [3.8, 4) is 6.07 Å². The number of anilines is 3. The van der Waals surface area contributed by atoms with E-state index in [9.17, 15) is 18.4 Å². The molecule has 2 aliphatic heterocycles. The van der Waals surface area contributed by atoms with Gasteiger partial charge in [0.2, 0.25) is 0 Å². The topological polar surface area (TPSA) is 64.0 Å². The van der Waals surface area contributed by atoms with E-state index in [2.05, 4.69) is 26.6 Å². The Labute approximate surface area is 154 Å². The van der Waals surface area contributed by atoms with E-state index in [1.807, 2.05) is 13.1 Å². The summed E-state index contributed by atoms with van der Waals surface area (Å²) in [5, 5.41) is 16.1. The Morgan fingerprint density at radius 1 is 1.30 bits per heavy atom. The van der Waals surface area contributed by atoms with Gasteiger partial charge in [-0.3, -0.25) is 0 Å². The number of aromatic nitrogens is 1. The average molecular weight is 373 g/mol. The minimum Gasteiger partial charge on any atom is -0.370 e. The lowest BCUT2D eigenvalue weighted by atomic mass is 9.89. The number of hydrogen-bond acceptors (Lipinski definition) is 5. The third-order valence-corrected chi connectivity index (χ3v) is 5.30. The van der Waals surface area contributed by atoms with Crippen molar-refractivity contribution in [1.82, 2.24) is 10.3 Å². The molecule has 1 aromatic carbocycles. The van der Waals surface area contributed by atoms with Crippen LogP contribution < -0.4 is 15.5 Å². The number of fused-ring (bicyclic) bond motifs is 3. The Balaban J connectivity index is 1.67. The smallest absolute Gasteiger partial charge is 0.370 e. The molecule has 0 saturated carbocycles. The van der Waals surface area contributed by atoms with Crippen LogP contribution in [0.15, 0.2) is 30.5 Å². The van der Waals surface area contributed by atoms with Gasteiger partial charge >= 0.3 is 6.18 Å². The monoisotopic (exact) mass is 373 g/mol. The van der Waals surface area contributed by atoms with Crippen LogP contribution in [0.4, 0.5) is 30.2 Å². The molecule has 4 rings (SSSR count). The molecular formula is C19H18F3N5. The van der Waals surface area contributed by atoms with Crippen LogP contribution in [-0.4, -0.2) is 31.2 Å². The molecule has 5 nitrogen and oxygen atoms in total. The molecule has 2 aromatic rings. The van der Waals surface area contributed by atoms with Crippen molar-refractivity contribution in [3.63, 3.8) is 0 Å². The predicted octanol–water partition coefficient (Wildman–Crippen LogP) is 3.61. The number of pyridine rings is 1. The van der Waals surface area contributed by atoms with Gasteiger partial charge in [-0.15, -0.1) is 0 Å². The van der Waals surface area contributed by atoms with E-state index in [1.54, 1.807) is 6.07 Å². The SMILES string of the molecule is CN1c2c(C#N)cc(Nc3ccc(C(F)(F)F)nc3)cc2[C@@H]2CNCC[C@@H]21. The molecule has 1 saturated heterocycles. The van der Waals surface area contributed by atoms with Gasteiger partial charge in [0.1, 0.15) is 11.8 Å². The Morgan fingerprint density at radius 2 is 2.11 bits per heavy atom. The standard InChI is InChI=1S/C19H18F3N5/c1-27-16-4-5-24-10-15(16)14-7-13(6-11(8-23)18(14)27)26-12-2-3-17(25-9-12)19(20,21)22/h2-3,6-7,9,15-16,24,26H,4-5,10H2,1H3/t15-,16-/m0/s1. The number of benzene rings is 1. The minimum atomic E-state index is -4.46. The highest BCUT2D eigenvalue weighted by Gasteiger charge is 2.39.